The SMILES string of the molecule is COC1CC(C2[OH+]C3CC(O)CC(OC4OC(CO)C(O)C(O)C4O)C3CC2OC2OC(COC3OC(C)C(OC(=O)C=CC4CCC(O)C(O)C4)C(O)C3O)C(O)C(O)C2O)CCC1O. The van der Waals surface area contributed by atoms with Gasteiger partial charge in [0.05, 0.1) is 61.9 Å². The largest absolute Gasteiger partial charge is 0.454 e. The molecule has 4 saturated heterocycles. The molecule has 4 aliphatic heterocycles. The Morgan fingerprint density at radius 1 is 0.636 bits per heavy atom. The number of hydrogen-bond donors (Lipinski definition) is 13. The van der Waals surface area contributed by atoms with Gasteiger partial charge in [0.1, 0.15) is 67.1 Å². The maximum atomic E-state index is 12.7. The van der Waals surface area contributed by atoms with E-state index in [0.717, 1.165) is 6.08 Å². The third-order valence-corrected chi connectivity index (χ3v) is 14.7. The summed E-state index contributed by atoms with van der Waals surface area (Å²) in [6.07, 6.45) is -24.7. The molecule has 0 amide bonds. The van der Waals surface area contributed by atoms with E-state index in [1.807, 2.05) is 0 Å². The third-order valence-electron chi connectivity index (χ3n) is 14.7. The van der Waals surface area contributed by atoms with E-state index in [1.54, 1.807) is 6.08 Å². The molecule has 0 aromatic carbocycles. The molecule has 27 atom stereocenters. The van der Waals surface area contributed by atoms with Crippen LogP contribution >= 0.6 is 0 Å². The van der Waals surface area contributed by atoms with Crippen LogP contribution in [0, 0.1) is 17.8 Å². The van der Waals surface area contributed by atoms with Crippen molar-refractivity contribution in [2.45, 2.75) is 212 Å². The fourth-order valence-electron chi connectivity index (χ4n) is 10.8. The smallest absolute Gasteiger partial charge is 0.330 e. The number of ether oxygens (including phenoxy) is 9. The lowest BCUT2D eigenvalue weighted by Crippen LogP contribution is -2.64. The highest BCUT2D eigenvalue weighted by atomic mass is 16.7. The minimum Gasteiger partial charge on any atom is -0.454 e. The molecule has 7 fully saturated rings. The fraction of sp³-hybridized carbons (Fsp3) is 0.930. The summed E-state index contributed by atoms with van der Waals surface area (Å²) < 4.78 is 52.1. The molecule has 23 heteroatoms. The highest BCUT2D eigenvalue weighted by molar-refractivity contribution is 5.82. The number of rotatable bonds is 13. The van der Waals surface area contributed by atoms with E-state index >= 15 is 0 Å². The molecule has 66 heavy (non-hydrogen) atoms. The van der Waals surface area contributed by atoms with Crippen molar-refractivity contribution in [1.29, 1.82) is 0 Å². The first-order chi connectivity index (χ1) is 31.4. The minimum atomic E-state index is -1.83. The molecule has 3 aliphatic carbocycles. The topological polar surface area (TPSA) is 367 Å². The molecule has 14 N–H and O–H groups in total. The lowest BCUT2D eigenvalue weighted by molar-refractivity contribution is -0.370. The normalized spacial score (nSPS) is 51.6. The van der Waals surface area contributed by atoms with E-state index in [2.05, 4.69) is 0 Å². The first-order valence-corrected chi connectivity index (χ1v) is 23.2. The first kappa shape index (κ1) is 52.2. The maximum absolute atomic E-state index is 12.7. The maximum Gasteiger partial charge on any atom is 0.330 e. The van der Waals surface area contributed by atoms with Gasteiger partial charge in [-0.2, -0.15) is 0 Å². The van der Waals surface area contributed by atoms with Crippen LogP contribution in [0.25, 0.3) is 0 Å². The van der Waals surface area contributed by atoms with E-state index in [1.165, 1.54) is 14.0 Å². The second-order valence-corrected chi connectivity index (χ2v) is 19.2. The van der Waals surface area contributed by atoms with Crippen molar-refractivity contribution in [2.75, 3.05) is 20.3 Å². The average molecular weight is 956 g/mol. The summed E-state index contributed by atoms with van der Waals surface area (Å²) in [5.41, 5.74) is 0. The number of allylic oxidation sites excluding steroid dienone is 1. The van der Waals surface area contributed by atoms with Gasteiger partial charge < -0.3 is 109 Å². The second kappa shape index (κ2) is 22.6. The van der Waals surface area contributed by atoms with Crippen LogP contribution in [0.4, 0.5) is 0 Å². The summed E-state index contributed by atoms with van der Waals surface area (Å²) in [7, 11) is 1.49. The lowest BCUT2D eigenvalue weighted by atomic mass is 9.72. The van der Waals surface area contributed by atoms with Crippen molar-refractivity contribution >= 4 is 5.97 Å². The molecule has 7 rings (SSSR count). The molecular formula is C43H71O23+. The Morgan fingerprint density at radius 2 is 1.27 bits per heavy atom. The van der Waals surface area contributed by atoms with E-state index in [9.17, 15) is 71.2 Å². The molecule has 0 spiro atoms. The van der Waals surface area contributed by atoms with Crippen molar-refractivity contribution < 1.29 is 114 Å². The predicted octanol–water partition coefficient (Wildman–Crippen LogP) is -5.55. The second-order valence-electron chi connectivity index (χ2n) is 19.2. The summed E-state index contributed by atoms with van der Waals surface area (Å²) in [6.45, 7) is 0.235. The van der Waals surface area contributed by atoms with Gasteiger partial charge in [0.25, 0.3) is 0 Å². The summed E-state index contributed by atoms with van der Waals surface area (Å²) in [6, 6.07) is 0. The Morgan fingerprint density at radius 3 is 1.94 bits per heavy atom. The molecule has 27 unspecified atom stereocenters. The number of carbonyl (C=O) groups is 1. The Hall–Kier alpha value is -1.63. The van der Waals surface area contributed by atoms with Gasteiger partial charge in [-0.05, 0) is 57.8 Å². The number of aliphatic hydroxyl groups is 15. The molecule has 7 aliphatic rings. The number of methoxy groups -OCH3 is 1. The zero-order valence-electron chi connectivity index (χ0n) is 37.0. The Bertz CT molecular complexity index is 1580. The standard InChI is InChI=1S/C43H70O23/c1-16-39(66-30(49)8-4-17-3-6-21(46)23(48)9-17)35(54)38(57)41(60-16)59-15-29-32(51)34(53)37(56)43(65-29)63-27-13-20-24(61-40(27)18-5-7-22(47)26(10-18)58-2)11-19(45)12-25(20)62-42-36(55)33(52)31(50)28(14-44)64-42/h4,8,16-29,31-48,50-57H,3,5-7,9-15H2,1-2H3/p+1. The number of fused-ring (bicyclic) bond motifs is 1. The zero-order chi connectivity index (χ0) is 47.7. The quantitative estimate of drug-likeness (QED) is 0.0465. The fourth-order valence-corrected chi connectivity index (χ4v) is 10.8. The Balaban J connectivity index is 1.02. The van der Waals surface area contributed by atoms with Gasteiger partial charge in [0, 0.05) is 31.9 Å². The monoisotopic (exact) mass is 955 g/mol. The van der Waals surface area contributed by atoms with Crippen molar-refractivity contribution in [3.05, 3.63) is 12.2 Å². The van der Waals surface area contributed by atoms with Crippen LogP contribution in [0.15, 0.2) is 12.2 Å². The van der Waals surface area contributed by atoms with Crippen LogP contribution < -0.4 is 0 Å². The highest BCUT2D eigenvalue weighted by Gasteiger charge is 2.57. The summed E-state index contributed by atoms with van der Waals surface area (Å²) in [5, 5.41) is 138. The van der Waals surface area contributed by atoms with Crippen LogP contribution in [0.5, 0.6) is 0 Å². The summed E-state index contributed by atoms with van der Waals surface area (Å²) in [5.74, 6) is -1.77. The Labute approximate surface area is 381 Å². The van der Waals surface area contributed by atoms with Gasteiger partial charge >= 0.3 is 5.97 Å². The average Bonchev–Trinajstić information content (AvgIpc) is 3.29. The van der Waals surface area contributed by atoms with Crippen molar-refractivity contribution in [2.24, 2.45) is 17.8 Å². The van der Waals surface area contributed by atoms with E-state index in [0.29, 0.717) is 32.1 Å². The van der Waals surface area contributed by atoms with Crippen LogP contribution in [0.1, 0.15) is 64.7 Å². The molecule has 0 aromatic heterocycles. The zero-order valence-corrected chi connectivity index (χ0v) is 37.0. The Kier molecular flexibility index (Phi) is 17.9. The van der Waals surface area contributed by atoms with E-state index < -0.39 is 172 Å². The van der Waals surface area contributed by atoms with Gasteiger partial charge in [-0.1, -0.05) is 6.08 Å². The molecule has 3 saturated carbocycles. The molecule has 23 nitrogen and oxygen atoms in total. The molecule has 0 aromatic rings. The van der Waals surface area contributed by atoms with Gasteiger partial charge in [0.2, 0.25) is 0 Å². The van der Waals surface area contributed by atoms with Gasteiger partial charge in [-0.25, -0.2) is 4.79 Å². The van der Waals surface area contributed by atoms with Crippen LogP contribution in [0.2, 0.25) is 0 Å². The number of hydrogen-bond acceptors (Lipinski definition) is 22. The first-order valence-electron chi connectivity index (χ1n) is 23.2. The predicted molar refractivity (Wildman–Crippen MR) is 218 cm³/mol. The number of esters is 1. The highest BCUT2D eigenvalue weighted by Crippen LogP contribution is 2.44. The third kappa shape index (κ3) is 11.6. The van der Waals surface area contributed by atoms with Crippen molar-refractivity contribution in [1.82, 2.24) is 0 Å². The summed E-state index contributed by atoms with van der Waals surface area (Å²) >= 11 is 0. The number of carbonyl (C=O) groups excluding carboxylic acids is 1. The van der Waals surface area contributed by atoms with E-state index in [4.69, 9.17) is 42.6 Å². The van der Waals surface area contributed by atoms with Crippen molar-refractivity contribution in [3.8, 4) is 0 Å². The van der Waals surface area contributed by atoms with Gasteiger partial charge in [-0.3, -0.25) is 0 Å². The molecule has 380 valence electrons. The molecule has 0 bridgehead atoms. The van der Waals surface area contributed by atoms with Crippen molar-refractivity contribution in [3.63, 3.8) is 0 Å². The van der Waals surface area contributed by atoms with Gasteiger partial charge in [0.15, 0.2) is 37.2 Å². The number of aliphatic hydroxyl groups excluding tert-OH is 13. The molecule has 4 heterocycles. The minimum absolute atomic E-state index is 0.0542. The van der Waals surface area contributed by atoms with Crippen LogP contribution in [-0.2, 0) is 42.7 Å². The van der Waals surface area contributed by atoms with Crippen LogP contribution in [0.3, 0.4) is 0 Å². The van der Waals surface area contributed by atoms with Gasteiger partial charge in [-0.15, -0.1) is 0 Å². The lowest BCUT2D eigenvalue weighted by Gasteiger charge is -2.50. The summed E-state index contributed by atoms with van der Waals surface area (Å²) in [4.78, 5) is 12.7. The molecule has 0 radical (unpaired) electrons. The van der Waals surface area contributed by atoms with E-state index in [-0.39, 0.29) is 37.5 Å². The molecular weight excluding hydrogens is 884 g/mol. The van der Waals surface area contributed by atoms with Crippen LogP contribution in [-0.4, -0.2) is 244 Å².